The third-order valence-electron chi connectivity index (χ3n) is 1.84. The Bertz CT molecular complexity index is 607. The molecule has 88 valence electrons. The minimum Gasteiger partial charge on any atom is -0.345 e. The maximum Gasteiger partial charge on any atom is 0.163 e. The van der Waals surface area contributed by atoms with E-state index >= 15 is 0 Å². The van der Waals surface area contributed by atoms with Crippen molar-refractivity contribution in [3.8, 4) is 18.2 Å². The third-order valence-corrected chi connectivity index (χ3v) is 3.75. The lowest BCUT2D eigenvalue weighted by Gasteiger charge is -2.07. The summed E-state index contributed by atoms with van der Waals surface area (Å²) in [6.45, 7) is 0. The lowest BCUT2D eigenvalue weighted by atomic mass is 10.2. The Morgan fingerprint density at radius 2 is 1.56 bits per heavy atom. The fourth-order valence-electron chi connectivity index (χ4n) is 1.06. The van der Waals surface area contributed by atoms with Crippen molar-refractivity contribution in [2.24, 2.45) is 0 Å². The quantitative estimate of drug-likeness (QED) is 0.651. The smallest absolute Gasteiger partial charge is 0.163 e. The molecule has 0 bridgehead atoms. The number of nitrogens with one attached hydrogen (secondary N) is 1. The molecular formula is C11H3BrCl2N4. The molecule has 1 aromatic rings. The molecule has 0 unspecified atom stereocenters. The highest BCUT2D eigenvalue weighted by Gasteiger charge is 2.09. The van der Waals surface area contributed by atoms with Crippen LogP contribution in [0.5, 0.6) is 0 Å². The molecule has 0 saturated heterocycles. The van der Waals surface area contributed by atoms with Crippen molar-refractivity contribution in [3.05, 3.63) is 37.9 Å². The molecule has 0 aromatic heterocycles. The molecule has 1 aromatic carbocycles. The topological polar surface area (TPSA) is 83.4 Å². The number of nitrogens with zero attached hydrogens (tertiary/aromatic N) is 3. The number of hydrogen-bond acceptors (Lipinski definition) is 4. The summed E-state index contributed by atoms with van der Waals surface area (Å²) in [5.74, 6) is 0. The molecule has 4 nitrogen and oxygen atoms in total. The number of halogens is 3. The van der Waals surface area contributed by atoms with Crippen LogP contribution in [0.25, 0.3) is 0 Å². The van der Waals surface area contributed by atoms with Crippen molar-refractivity contribution in [2.45, 2.75) is 0 Å². The number of allylic oxidation sites excluding steroid dienone is 2. The fraction of sp³-hybridized carbons (Fsp3) is 0. The van der Waals surface area contributed by atoms with Gasteiger partial charge in [-0.15, -0.1) is 0 Å². The van der Waals surface area contributed by atoms with Gasteiger partial charge in [-0.25, -0.2) is 0 Å². The maximum absolute atomic E-state index is 8.87. The van der Waals surface area contributed by atoms with Gasteiger partial charge in [-0.05, 0) is 28.1 Å². The molecule has 0 aliphatic heterocycles. The third kappa shape index (κ3) is 3.15. The molecule has 0 saturated carbocycles. The van der Waals surface area contributed by atoms with E-state index in [4.69, 9.17) is 39.0 Å². The number of benzene rings is 1. The van der Waals surface area contributed by atoms with E-state index in [1.165, 1.54) is 12.1 Å². The molecule has 18 heavy (non-hydrogen) atoms. The second-order valence-corrected chi connectivity index (χ2v) is 4.57. The van der Waals surface area contributed by atoms with E-state index in [9.17, 15) is 0 Å². The normalized spacial score (nSPS) is 8.67. The van der Waals surface area contributed by atoms with E-state index in [2.05, 4.69) is 21.2 Å². The molecule has 7 heteroatoms. The van der Waals surface area contributed by atoms with Gasteiger partial charge in [0, 0.05) is 5.69 Å². The molecule has 0 aliphatic carbocycles. The van der Waals surface area contributed by atoms with Gasteiger partial charge in [-0.3, -0.25) is 0 Å². The average Bonchev–Trinajstić information content (AvgIpc) is 2.35. The lowest BCUT2D eigenvalue weighted by molar-refractivity contribution is 1.37. The first-order valence-corrected chi connectivity index (χ1v) is 5.94. The Kier molecular flexibility index (Phi) is 5.01. The van der Waals surface area contributed by atoms with Crippen LogP contribution in [0.15, 0.2) is 27.9 Å². The standard InChI is InChI=1S/C11H3BrCl2N4/c12-11-8(13)1-7(2-9(11)14)18-10(5-17)6(3-15)4-16/h1-2,18H. The maximum atomic E-state index is 8.87. The van der Waals surface area contributed by atoms with E-state index in [1.54, 1.807) is 18.2 Å². The minimum absolute atomic E-state index is 0.158. The summed E-state index contributed by atoms with van der Waals surface area (Å²) in [7, 11) is 0. The molecule has 0 aliphatic rings. The van der Waals surface area contributed by atoms with Crippen molar-refractivity contribution < 1.29 is 0 Å². The summed E-state index contributed by atoms with van der Waals surface area (Å²) < 4.78 is 0.527. The second kappa shape index (κ2) is 6.28. The first kappa shape index (κ1) is 14.4. The molecule has 0 heterocycles. The zero-order valence-electron chi connectivity index (χ0n) is 8.63. The Morgan fingerprint density at radius 1 is 1.06 bits per heavy atom. The van der Waals surface area contributed by atoms with Crippen LogP contribution in [0.4, 0.5) is 5.69 Å². The first-order chi connectivity index (χ1) is 8.53. The Hall–Kier alpha value is -1.71. The Morgan fingerprint density at radius 3 is 1.94 bits per heavy atom. The van der Waals surface area contributed by atoms with Gasteiger partial charge in [-0.1, -0.05) is 23.2 Å². The predicted octanol–water partition coefficient (Wildman–Crippen LogP) is 3.99. The van der Waals surface area contributed by atoms with Gasteiger partial charge in [0.05, 0.1) is 14.5 Å². The van der Waals surface area contributed by atoms with Crippen molar-refractivity contribution >= 4 is 44.8 Å². The molecular weight excluding hydrogens is 339 g/mol. The first-order valence-electron chi connectivity index (χ1n) is 4.39. The van der Waals surface area contributed by atoms with Crippen molar-refractivity contribution in [3.63, 3.8) is 0 Å². The monoisotopic (exact) mass is 340 g/mol. The number of nitriles is 3. The van der Waals surface area contributed by atoms with Gasteiger partial charge in [-0.2, -0.15) is 15.8 Å². The minimum atomic E-state index is -0.312. The van der Waals surface area contributed by atoms with Crippen LogP contribution in [0.1, 0.15) is 0 Å². The molecule has 0 atom stereocenters. The summed E-state index contributed by atoms with van der Waals surface area (Å²) >= 11 is 15.0. The van der Waals surface area contributed by atoms with E-state index in [-0.39, 0.29) is 11.3 Å². The number of hydrogen-bond donors (Lipinski definition) is 1. The Balaban J connectivity index is 3.22. The van der Waals surface area contributed by atoms with Crippen molar-refractivity contribution in [1.82, 2.24) is 0 Å². The van der Waals surface area contributed by atoms with E-state index in [1.807, 2.05) is 0 Å². The zero-order chi connectivity index (χ0) is 13.7. The van der Waals surface area contributed by atoms with Crippen LogP contribution in [0.2, 0.25) is 10.0 Å². The van der Waals surface area contributed by atoms with Gasteiger partial charge in [0.15, 0.2) is 5.57 Å². The highest BCUT2D eigenvalue weighted by molar-refractivity contribution is 9.10. The molecule has 0 radical (unpaired) electrons. The van der Waals surface area contributed by atoms with E-state index < -0.39 is 0 Å². The van der Waals surface area contributed by atoms with Gasteiger partial charge < -0.3 is 5.32 Å². The Labute approximate surface area is 122 Å². The van der Waals surface area contributed by atoms with Gasteiger partial charge in [0.1, 0.15) is 23.9 Å². The summed E-state index contributed by atoms with van der Waals surface area (Å²) in [6, 6.07) is 8.01. The molecule has 0 fully saturated rings. The summed E-state index contributed by atoms with van der Waals surface area (Å²) in [5, 5.41) is 29.5. The fourth-order valence-corrected chi connectivity index (χ4v) is 1.77. The molecule has 1 N–H and O–H groups in total. The van der Waals surface area contributed by atoms with Crippen LogP contribution >= 0.6 is 39.1 Å². The number of rotatable bonds is 2. The van der Waals surface area contributed by atoms with Crippen LogP contribution in [-0.2, 0) is 0 Å². The summed E-state index contributed by atoms with van der Waals surface area (Å²) in [5.41, 5.74) is -0.0603. The zero-order valence-corrected chi connectivity index (χ0v) is 11.7. The van der Waals surface area contributed by atoms with E-state index in [0.29, 0.717) is 20.2 Å². The molecule has 1 rings (SSSR count). The summed E-state index contributed by atoms with van der Waals surface area (Å²) in [4.78, 5) is 0. The van der Waals surface area contributed by atoms with Crippen LogP contribution in [0.3, 0.4) is 0 Å². The SMILES string of the molecule is N#CC(C#N)=C(C#N)Nc1cc(Cl)c(Br)c(Cl)c1. The van der Waals surface area contributed by atoms with Gasteiger partial charge >= 0.3 is 0 Å². The van der Waals surface area contributed by atoms with Crippen LogP contribution in [-0.4, -0.2) is 0 Å². The summed E-state index contributed by atoms with van der Waals surface area (Å²) in [6.07, 6.45) is 0. The second-order valence-electron chi connectivity index (χ2n) is 2.96. The average molecular weight is 342 g/mol. The predicted molar refractivity (Wildman–Crippen MR) is 71.6 cm³/mol. The number of anilines is 1. The highest BCUT2D eigenvalue weighted by Crippen LogP contribution is 2.33. The molecule has 0 amide bonds. The molecule has 0 spiro atoms. The van der Waals surface area contributed by atoms with Gasteiger partial charge in [0.2, 0.25) is 0 Å². The lowest BCUT2D eigenvalue weighted by Crippen LogP contribution is -2.00. The van der Waals surface area contributed by atoms with Crippen LogP contribution < -0.4 is 5.32 Å². The van der Waals surface area contributed by atoms with Gasteiger partial charge in [0.25, 0.3) is 0 Å². The van der Waals surface area contributed by atoms with Crippen molar-refractivity contribution in [2.75, 3.05) is 5.32 Å². The van der Waals surface area contributed by atoms with E-state index in [0.717, 1.165) is 0 Å². The van der Waals surface area contributed by atoms with Crippen LogP contribution in [0, 0.1) is 34.0 Å². The van der Waals surface area contributed by atoms with Crippen molar-refractivity contribution in [1.29, 1.82) is 15.8 Å². The highest BCUT2D eigenvalue weighted by atomic mass is 79.9. The largest absolute Gasteiger partial charge is 0.345 e.